The molecule has 10 heteroatoms. The number of hydrogen-bond donors (Lipinski definition) is 3. The number of rotatable bonds is 7. The predicted octanol–water partition coefficient (Wildman–Crippen LogP) is 3.80. The van der Waals surface area contributed by atoms with Crippen molar-refractivity contribution in [1.82, 2.24) is 10.9 Å². The van der Waals surface area contributed by atoms with Crippen LogP contribution in [0.4, 0.5) is 5.69 Å². The van der Waals surface area contributed by atoms with E-state index in [4.69, 9.17) is 14.2 Å². The number of halogens is 1. The van der Waals surface area contributed by atoms with Crippen molar-refractivity contribution in [3.8, 4) is 17.2 Å². The van der Waals surface area contributed by atoms with Gasteiger partial charge in [-0.2, -0.15) is 0 Å². The van der Waals surface area contributed by atoms with Crippen molar-refractivity contribution in [2.24, 2.45) is 0 Å². The number of methoxy groups -OCH3 is 3. The number of carbonyl (C=O) groups is 3. The Morgan fingerprint density at radius 1 is 0.676 bits per heavy atom. The summed E-state index contributed by atoms with van der Waals surface area (Å²) in [6.07, 6.45) is 0. The predicted molar refractivity (Wildman–Crippen MR) is 130 cm³/mol. The highest BCUT2D eigenvalue weighted by Gasteiger charge is 2.18. The lowest BCUT2D eigenvalue weighted by atomic mass is 10.1. The van der Waals surface area contributed by atoms with Crippen LogP contribution < -0.4 is 30.4 Å². The van der Waals surface area contributed by atoms with Gasteiger partial charge in [-0.15, -0.1) is 0 Å². The van der Waals surface area contributed by atoms with Crippen LogP contribution in [0.25, 0.3) is 0 Å². The van der Waals surface area contributed by atoms with Crippen LogP contribution in [0.2, 0.25) is 0 Å². The zero-order valence-electron chi connectivity index (χ0n) is 18.6. The van der Waals surface area contributed by atoms with E-state index in [9.17, 15) is 14.4 Å². The van der Waals surface area contributed by atoms with E-state index in [0.29, 0.717) is 28.5 Å². The third kappa shape index (κ3) is 5.84. The molecule has 0 saturated carbocycles. The zero-order chi connectivity index (χ0) is 24.7. The molecule has 0 bridgehead atoms. The summed E-state index contributed by atoms with van der Waals surface area (Å²) in [7, 11) is 4.32. The van der Waals surface area contributed by atoms with E-state index in [1.165, 1.54) is 39.5 Å². The van der Waals surface area contributed by atoms with Crippen molar-refractivity contribution in [3.63, 3.8) is 0 Å². The molecular weight excluding hydrogens is 506 g/mol. The minimum atomic E-state index is -0.590. The second-order valence-corrected chi connectivity index (χ2v) is 7.78. The molecule has 3 aromatic rings. The maximum Gasteiger partial charge on any atom is 0.269 e. The fourth-order valence-corrected chi connectivity index (χ4v) is 3.28. The number of benzene rings is 3. The quantitative estimate of drug-likeness (QED) is 0.402. The van der Waals surface area contributed by atoms with Crippen molar-refractivity contribution in [1.29, 1.82) is 0 Å². The number of nitrogens with one attached hydrogen (secondary N) is 3. The maximum absolute atomic E-state index is 12.6. The molecule has 3 rings (SSSR count). The molecule has 0 atom stereocenters. The smallest absolute Gasteiger partial charge is 0.269 e. The molecule has 0 aliphatic heterocycles. The van der Waals surface area contributed by atoms with E-state index in [1.807, 2.05) is 0 Å². The molecule has 34 heavy (non-hydrogen) atoms. The molecule has 176 valence electrons. The molecule has 0 heterocycles. The first-order valence-electron chi connectivity index (χ1n) is 9.94. The van der Waals surface area contributed by atoms with Crippen LogP contribution in [0.3, 0.4) is 0 Å². The minimum Gasteiger partial charge on any atom is -0.493 e. The van der Waals surface area contributed by atoms with Gasteiger partial charge in [0.2, 0.25) is 5.75 Å². The van der Waals surface area contributed by atoms with Crippen LogP contribution in [0, 0.1) is 0 Å². The molecule has 0 aliphatic carbocycles. The SMILES string of the molecule is COc1cc(C(=O)NNC(=O)c2cccc(NC(=O)c3ccc(Br)cc3)c2)cc(OC)c1OC. The Labute approximate surface area is 204 Å². The third-order valence-electron chi connectivity index (χ3n) is 4.71. The molecule has 0 saturated heterocycles. The van der Waals surface area contributed by atoms with E-state index < -0.39 is 11.8 Å². The van der Waals surface area contributed by atoms with Gasteiger partial charge in [0.1, 0.15) is 0 Å². The molecule has 3 amide bonds. The summed E-state index contributed by atoms with van der Waals surface area (Å²) < 4.78 is 16.6. The van der Waals surface area contributed by atoms with Gasteiger partial charge in [0, 0.05) is 26.9 Å². The van der Waals surface area contributed by atoms with Crippen molar-refractivity contribution in [2.75, 3.05) is 26.6 Å². The third-order valence-corrected chi connectivity index (χ3v) is 5.23. The fourth-order valence-electron chi connectivity index (χ4n) is 3.01. The van der Waals surface area contributed by atoms with Gasteiger partial charge in [0.05, 0.1) is 21.3 Å². The van der Waals surface area contributed by atoms with E-state index in [-0.39, 0.29) is 17.0 Å². The summed E-state index contributed by atoms with van der Waals surface area (Å²) in [6.45, 7) is 0. The van der Waals surface area contributed by atoms with Gasteiger partial charge >= 0.3 is 0 Å². The van der Waals surface area contributed by atoms with Crippen LogP contribution >= 0.6 is 15.9 Å². The van der Waals surface area contributed by atoms with Crippen molar-refractivity contribution >= 4 is 39.3 Å². The highest BCUT2D eigenvalue weighted by atomic mass is 79.9. The topological polar surface area (TPSA) is 115 Å². The second kappa shape index (κ2) is 11.2. The Kier molecular flexibility index (Phi) is 8.10. The van der Waals surface area contributed by atoms with E-state index >= 15 is 0 Å². The summed E-state index contributed by atoms with van der Waals surface area (Å²) in [5.74, 6) is -0.540. The lowest BCUT2D eigenvalue weighted by Gasteiger charge is -2.14. The minimum absolute atomic E-state index is 0.185. The summed E-state index contributed by atoms with van der Waals surface area (Å²) in [5, 5.41) is 2.74. The largest absolute Gasteiger partial charge is 0.493 e. The van der Waals surface area contributed by atoms with Gasteiger partial charge in [0.25, 0.3) is 17.7 Å². The standard InChI is InChI=1S/C24H22BrN3O6/c1-32-19-12-16(13-20(33-2)21(19)34-3)24(31)28-27-23(30)15-5-4-6-18(11-15)26-22(29)14-7-9-17(25)10-8-14/h4-13H,1-3H3,(H,26,29)(H,27,30)(H,28,31). The van der Waals surface area contributed by atoms with Gasteiger partial charge in [-0.05, 0) is 54.6 Å². The first kappa shape index (κ1) is 24.6. The lowest BCUT2D eigenvalue weighted by Crippen LogP contribution is -2.41. The van der Waals surface area contributed by atoms with Gasteiger partial charge in [-0.3, -0.25) is 25.2 Å². The molecule has 0 fully saturated rings. The zero-order valence-corrected chi connectivity index (χ0v) is 20.2. The fraction of sp³-hybridized carbons (Fsp3) is 0.125. The monoisotopic (exact) mass is 527 g/mol. The van der Waals surface area contributed by atoms with E-state index in [0.717, 1.165) is 4.47 Å². The molecule has 0 radical (unpaired) electrons. The molecule has 3 N–H and O–H groups in total. The van der Waals surface area contributed by atoms with E-state index in [1.54, 1.807) is 42.5 Å². The summed E-state index contributed by atoms with van der Waals surface area (Å²) >= 11 is 3.32. The number of hydrazine groups is 1. The highest BCUT2D eigenvalue weighted by Crippen LogP contribution is 2.38. The van der Waals surface area contributed by atoms with Crippen LogP contribution in [0.1, 0.15) is 31.1 Å². The molecule has 0 unspecified atom stereocenters. The van der Waals surface area contributed by atoms with Crippen LogP contribution in [-0.4, -0.2) is 39.1 Å². The maximum atomic E-state index is 12.6. The number of amides is 3. The van der Waals surface area contributed by atoms with E-state index in [2.05, 4.69) is 32.1 Å². The van der Waals surface area contributed by atoms with Crippen molar-refractivity contribution < 1.29 is 28.6 Å². The molecule has 0 aromatic heterocycles. The summed E-state index contributed by atoms with van der Waals surface area (Å²) in [4.78, 5) is 37.5. The molecule has 0 aliphatic rings. The Morgan fingerprint density at radius 2 is 1.26 bits per heavy atom. The lowest BCUT2D eigenvalue weighted by molar-refractivity contribution is 0.0846. The van der Waals surface area contributed by atoms with Crippen molar-refractivity contribution in [3.05, 3.63) is 81.8 Å². The Balaban J connectivity index is 1.67. The summed E-state index contributed by atoms with van der Waals surface area (Å²) in [6, 6.07) is 16.1. The van der Waals surface area contributed by atoms with Crippen LogP contribution in [-0.2, 0) is 0 Å². The Bertz CT molecular complexity index is 1190. The van der Waals surface area contributed by atoms with Gasteiger partial charge in [-0.25, -0.2) is 0 Å². The normalized spacial score (nSPS) is 10.1. The Morgan fingerprint density at radius 3 is 1.82 bits per heavy atom. The Hall–Kier alpha value is -4.05. The molecule has 3 aromatic carbocycles. The first-order valence-corrected chi connectivity index (χ1v) is 10.7. The van der Waals surface area contributed by atoms with Crippen LogP contribution in [0.15, 0.2) is 65.1 Å². The van der Waals surface area contributed by atoms with Gasteiger partial charge in [0.15, 0.2) is 11.5 Å². The number of hydrogen-bond acceptors (Lipinski definition) is 6. The van der Waals surface area contributed by atoms with Crippen LogP contribution in [0.5, 0.6) is 17.2 Å². The number of ether oxygens (including phenoxy) is 3. The van der Waals surface area contributed by atoms with Gasteiger partial charge in [-0.1, -0.05) is 22.0 Å². The first-order chi connectivity index (χ1) is 16.4. The molecule has 0 spiro atoms. The summed E-state index contributed by atoms with van der Waals surface area (Å²) in [5.41, 5.74) is 6.01. The molecular formula is C24H22BrN3O6. The average molecular weight is 528 g/mol. The number of anilines is 1. The molecule has 9 nitrogen and oxygen atoms in total. The van der Waals surface area contributed by atoms with Crippen molar-refractivity contribution in [2.45, 2.75) is 0 Å². The second-order valence-electron chi connectivity index (χ2n) is 6.86. The average Bonchev–Trinajstić information content (AvgIpc) is 2.86. The highest BCUT2D eigenvalue weighted by molar-refractivity contribution is 9.10. The van der Waals surface area contributed by atoms with Gasteiger partial charge < -0.3 is 19.5 Å². The number of carbonyl (C=O) groups excluding carboxylic acids is 3.